The van der Waals surface area contributed by atoms with Crippen LogP contribution >= 0.6 is 7.82 Å². The lowest BCUT2D eigenvalue weighted by Crippen LogP contribution is -2.47. The highest BCUT2D eigenvalue weighted by atomic mass is 31.2. The molecule has 10 heteroatoms. The summed E-state index contributed by atoms with van der Waals surface area (Å²) < 4.78 is 30.5. The maximum Gasteiger partial charge on any atom is 0.306 e. The Labute approximate surface area is 557 Å². The van der Waals surface area contributed by atoms with Crippen molar-refractivity contribution in [2.75, 3.05) is 40.9 Å². The van der Waals surface area contributed by atoms with Crippen LogP contribution in [-0.2, 0) is 27.9 Å². The second kappa shape index (κ2) is 68.5. The number of nitrogens with one attached hydrogen (secondary N) is 1. The molecule has 0 aliphatic heterocycles. The molecule has 0 aromatic heterocycles. The molecule has 0 rings (SSSR count). The number of phosphoric acid groups is 1. The van der Waals surface area contributed by atoms with Gasteiger partial charge in [0.05, 0.1) is 33.8 Å². The monoisotopic (exact) mass is 1280 g/mol. The fourth-order valence-electron chi connectivity index (χ4n) is 10.7. The average molecular weight is 1280 g/mol. The first-order valence-electron chi connectivity index (χ1n) is 37.7. The number of likely N-dealkylation sites (N-methyl/N-ethyl adjacent to an activating group) is 1. The standard InChI is InChI=1S/C80H143N2O7P/c1-7-10-13-16-19-22-25-28-30-32-34-36-38-40-41-43-44-46-48-50-52-54-57-60-63-66-69-72-79(83)81-77(76-88-90(85,86)87-75-74-82(4,5)6)78(71-68-65-62-59-56-27-24-21-18-15-12-9-3)89-80(84)73-70-67-64-61-58-55-53-51-49-47-45-42-39-37-35-33-31-29-26-23-20-17-14-11-8-2/h11,14,19-20,22-23,28-31,35,37,42,45,49,51,68,71,77-78H,7-10,12-13,15-18,21,24-27,32-34,36,38-41,43-44,46-48,50,52-67,69-70,72-76H2,1-6H3,(H-,81,83,85,86)/b14-11-,22-19-,23-20-,30-28-,31-29-,37-35-,45-42-,51-49-,71-68+. The molecule has 3 atom stereocenters. The molecule has 1 N–H and O–H groups in total. The molecule has 0 saturated heterocycles. The summed E-state index contributed by atoms with van der Waals surface area (Å²) in [6.07, 6.45) is 95.1. The normalized spacial score (nSPS) is 14.1. The van der Waals surface area contributed by atoms with Crippen molar-refractivity contribution in [1.29, 1.82) is 0 Å². The van der Waals surface area contributed by atoms with Crippen molar-refractivity contribution in [3.05, 3.63) is 109 Å². The van der Waals surface area contributed by atoms with Crippen molar-refractivity contribution >= 4 is 19.7 Å². The summed E-state index contributed by atoms with van der Waals surface area (Å²) in [6.45, 7) is 6.72. The van der Waals surface area contributed by atoms with E-state index in [0.29, 0.717) is 23.9 Å². The molecule has 1 amide bonds. The molecule has 0 aromatic carbocycles. The maximum atomic E-state index is 13.6. The smallest absolute Gasteiger partial charge is 0.306 e. The molecular weight excluding hydrogens is 1130 g/mol. The summed E-state index contributed by atoms with van der Waals surface area (Å²) in [4.78, 5) is 40.3. The number of amides is 1. The highest BCUT2D eigenvalue weighted by Crippen LogP contribution is 2.38. The number of carbonyl (C=O) groups excluding carboxylic acids is 2. The number of esters is 1. The molecule has 520 valence electrons. The number of carbonyl (C=O) groups is 2. The molecule has 0 heterocycles. The highest BCUT2D eigenvalue weighted by Gasteiger charge is 2.27. The number of hydrogen-bond acceptors (Lipinski definition) is 7. The number of rotatable bonds is 68. The third kappa shape index (κ3) is 69.0. The van der Waals surface area contributed by atoms with Crippen LogP contribution in [0.15, 0.2) is 109 Å². The van der Waals surface area contributed by atoms with Crippen molar-refractivity contribution < 1.29 is 37.3 Å². The lowest BCUT2D eigenvalue weighted by molar-refractivity contribution is -0.870. The van der Waals surface area contributed by atoms with Gasteiger partial charge in [0.2, 0.25) is 5.91 Å². The first-order valence-corrected chi connectivity index (χ1v) is 39.2. The van der Waals surface area contributed by atoms with E-state index in [1.807, 2.05) is 33.3 Å². The SMILES string of the molecule is CC/C=C\C/C=C\C/C=C\C/C=C\C/C=C\C/C=C\CCCCCCCCC(=O)OC(/C=C/CCCCCCCCCCCC)C(COP(=O)([O-])OCC[N+](C)(C)C)NC(=O)CCCCCCCCCCCCCCCCCCC/C=C\C/C=C\CCCCC. The van der Waals surface area contributed by atoms with Crippen LogP contribution in [0.4, 0.5) is 0 Å². The third-order valence-electron chi connectivity index (χ3n) is 16.4. The number of nitrogens with zero attached hydrogens (tertiary/aromatic N) is 1. The van der Waals surface area contributed by atoms with Gasteiger partial charge in [-0.3, -0.25) is 14.2 Å². The third-order valence-corrected chi connectivity index (χ3v) is 17.4. The van der Waals surface area contributed by atoms with Gasteiger partial charge in [-0.1, -0.05) is 317 Å². The number of allylic oxidation sites excluding steroid dienone is 17. The van der Waals surface area contributed by atoms with Gasteiger partial charge in [0.25, 0.3) is 7.82 Å². The fourth-order valence-corrected chi connectivity index (χ4v) is 11.4. The Morgan fingerprint density at radius 3 is 1.09 bits per heavy atom. The predicted molar refractivity (Wildman–Crippen MR) is 390 cm³/mol. The van der Waals surface area contributed by atoms with Crippen LogP contribution in [0, 0.1) is 0 Å². The van der Waals surface area contributed by atoms with E-state index >= 15 is 0 Å². The Morgan fingerprint density at radius 2 is 0.711 bits per heavy atom. The van der Waals surface area contributed by atoms with Crippen molar-refractivity contribution in [1.82, 2.24) is 5.32 Å². The van der Waals surface area contributed by atoms with E-state index in [1.165, 1.54) is 173 Å². The summed E-state index contributed by atoms with van der Waals surface area (Å²) in [5, 5.41) is 3.05. The van der Waals surface area contributed by atoms with Crippen LogP contribution in [0.3, 0.4) is 0 Å². The quantitative estimate of drug-likeness (QED) is 0.0212. The van der Waals surface area contributed by atoms with Crippen LogP contribution in [-0.4, -0.2) is 69.4 Å². The van der Waals surface area contributed by atoms with Crippen LogP contribution < -0.4 is 10.2 Å². The van der Waals surface area contributed by atoms with E-state index in [9.17, 15) is 19.0 Å². The molecule has 9 nitrogen and oxygen atoms in total. The second-order valence-corrected chi connectivity index (χ2v) is 27.8. The van der Waals surface area contributed by atoms with Gasteiger partial charge in [-0.2, -0.15) is 0 Å². The van der Waals surface area contributed by atoms with E-state index in [4.69, 9.17) is 13.8 Å². The van der Waals surface area contributed by atoms with Crippen LogP contribution in [0.5, 0.6) is 0 Å². The topological polar surface area (TPSA) is 114 Å². The van der Waals surface area contributed by atoms with Crippen molar-refractivity contribution in [3.8, 4) is 0 Å². The van der Waals surface area contributed by atoms with E-state index in [1.54, 1.807) is 0 Å². The summed E-state index contributed by atoms with van der Waals surface area (Å²) in [5.74, 6) is -0.552. The Kier molecular flexibility index (Phi) is 66.0. The van der Waals surface area contributed by atoms with E-state index in [0.717, 1.165) is 122 Å². The zero-order chi connectivity index (χ0) is 65.6. The summed E-state index contributed by atoms with van der Waals surface area (Å²) in [6, 6.07) is -0.902. The van der Waals surface area contributed by atoms with Gasteiger partial charge in [0.15, 0.2) is 0 Å². The second-order valence-electron chi connectivity index (χ2n) is 26.4. The van der Waals surface area contributed by atoms with Crippen molar-refractivity contribution in [2.45, 2.75) is 348 Å². The molecule has 0 fully saturated rings. The Balaban J connectivity index is 5.02. The van der Waals surface area contributed by atoms with E-state index in [2.05, 4.69) is 123 Å². The lowest BCUT2D eigenvalue weighted by atomic mass is 10.0. The summed E-state index contributed by atoms with van der Waals surface area (Å²) in [5.41, 5.74) is 0. The van der Waals surface area contributed by atoms with E-state index in [-0.39, 0.29) is 24.9 Å². The molecular formula is C80H143N2O7P. The average Bonchev–Trinajstić information content (AvgIpc) is 3.11. The van der Waals surface area contributed by atoms with Crippen molar-refractivity contribution in [3.63, 3.8) is 0 Å². The Hall–Kier alpha value is -3.33. The van der Waals surface area contributed by atoms with Crippen molar-refractivity contribution in [2.24, 2.45) is 0 Å². The largest absolute Gasteiger partial charge is 0.756 e. The fraction of sp³-hybridized carbons (Fsp3) is 0.750. The van der Waals surface area contributed by atoms with Crippen LogP contribution in [0.25, 0.3) is 0 Å². The number of quaternary nitrogens is 1. The molecule has 0 spiro atoms. The minimum Gasteiger partial charge on any atom is -0.756 e. The minimum absolute atomic E-state index is 0.0284. The number of phosphoric ester groups is 1. The Morgan fingerprint density at radius 1 is 0.400 bits per heavy atom. The summed E-state index contributed by atoms with van der Waals surface area (Å²) in [7, 11) is 1.17. The first-order chi connectivity index (χ1) is 43.9. The Bertz CT molecular complexity index is 1910. The molecule has 90 heavy (non-hydrogen) atoms. The number of unbranched alkanes of at least 4 members (excludes halogenated alkanes) is 36. The van der Waals surface area contributed by atoms with Gasteiger partial charge < -0.3 is 28.5 Å². The molecule has 3 unspecified atom stereocenters. The zero-order valence-electron chi connectivity index (χ0n) is 59.6. The molecule has 0 radical (unpaired) electrons. The van der Waals surface area contributed by atoms with Gasteiger partial charge in [0, 0.05) is 12.8 Å². The number of ether oxygens (including phenoxy) is 1. The number of hydrogen-bond donors (Lipinski definition) is 1. The van der Waals surface area contributed by atoms with Gasteiger partial charge in [-0.05, 0) is 115 Å². The predicted octanol–water partition coefficient (Wildman–Crippen LogP) is 23.8. The molecule has 0 aliphatic rings. The molecule has 0 aromatic rings. The minimum atomic E-state index is -4.72. The maximum absolute atomic E-state index is 13.6. The van der Waals surface area contributed by atoms with Gasteiger partial charge in [-0.15, -0.1) is 0 Å². The molecule has 0 saturated carbocycles. The first kappa shape index (κ1) is 86.7. The van der Waals surface area contributed by atoms with Gasteiger partial charge >= 0.3 is 5.97 Å². The van der Waals surface area contributed by atoms with Gasteiger partial charge in [-0.25, -0.2) is 0 Å². The zero-order valence-corrected chi connectivity index (χ0v) is 60.5. The van der Waals surface area contributed by atoms with E-state index < -0.39 is 26.6 Å². The lowest BCUT2D eigenvalue weighted by Gasteiger charge is -2.30. The van der Waals surface area contributed by atoms with Crippen LogP contribution in [0.1, 0.15) is 335 Å². The summed E-state index contributed by atoms with van der Waals surface area (Å²) >= 11 is 0. The highest BCUT2D eigenvalue weighted by molar-refractivity contribution is 7.45. The molecule has 0 aliphatic carbocycles. The van der Waals surface area contributed by atoms with Gasteiger partial charge in [0.1, 0.15) is 19.3 Å². The van der Waals surface area contributed by atoms with Crippen LogP contribution in [0.2, 0.25) is 0 Å². The molecule has 0 bridgehead atoms.